The van der Waals surface area contributed by atoms with Gasteiger partial charge in [0.1, 0.15) is 0 Å². The summed E-state index contributed by atoms with van der Waals surface area (Å²) in [6, 6.07) is -9.46. The molecular formula is C63H75BN2S2. The van der Waals surface area contributed by atoms with Crippen LogP contribution in [-0.4, -0.2) is 6.71 Å². The van der Waals surface area contributed by atoms with Crippen molar-refractivity contribution in [1.29, 1.82) is 0 Å². The van der Waals surface area contributed by atoms with E-state index in [9.17, 15) is 28.8 Å². The Morgan fingerprint density at radius 3 is 1.25 bits per heavy atom. The molecule has 0 aliphatic carbocycles. The SMILES string of the molecule is [2H]c1c(C(C)(C)C)sc2c1B1c3sc(C(C)(C)C)c([2H])c3N(c3c([2H])c([2H])c(C(C)(C)C)c([2H])c3-c3c([2H])c([2H])c(C(C)(C)C)c([2H])c3[2H])c3c([2H])c(C([2H])([2H])[2H])c([2H])c(c31)N2c1c([2H])c([2H])c(C(C)(C)C)c([2H])c1-c1c([2H])c([2H])c(C(C)(C)C)c([2H])c1[2H]. The minimum Gasteiger partial charge on any atom is -0.310 e. The first-order valence-corrected chi connectivity index (χ1v) is 24.9. The van der Waals surface area contributed by atoms with Crippen molar-refractivity contribution in [2.24, 2.45) is 0 Å². The highest BCUT2D eigenvalue weighted by Crippen LogP contribution is 2.53. The van der Waals surface area contributed by atoms with Crippen molar-refractivity contribution in [3.63, 3.8) is 0 Å². The van der Waals surface area contributed by atoms with Gasteiger partial charge in [0, 0.05) is 41.1 Å². The van der Waals surface area contributed by atoms with E-state index in [0.717, 1.165) is 22.7 Å². The fraction of sp³-hybridized carbons (Fsp3) is 0.397. The predicted octanol–water partition coefficient (Wildman–Crippen LogP) is 17.3. The minimum atomic E-state index is -3.39. The van der Waals surface area contributed by atoms with Crippen LogP contribution in [0.3, 0.4) is 0 Å². The number of thiophene rings is 2. The van der Waals surface area contributed by atoms with Crippen molar-refractivity contribution in [1.82, 2.24) is 0 Å². The number of nitrogens with zero attached hydrogens (tertiary/aromatic N) is 2. The van der Waals surface area contributed by atoms with Crippen LogP contribution in [-0.2, 0) is 32.5 Å². The molecule has 2 aromatic heterocycles. The van der Waals surface area contributed by atoms with Crippen LogP contribution < -0.4 is 25.5 Å². The van der Waals surface area contributed by atoms with Gasteiger partial charge in [-0.2, -0.15) is 11.3 Å². The van der Waals surface area contributed by atoms with Crippen molar-refractivity contribution >= 4 is 78.5 Å². The van der Waals surface area contributed by atoms with E-state index >= 15 is 0 Å². The Kier molecular flexibility index (Phi) is 6.81. The lowest BCUT2D eigenvalue weighted by molar-refractivity contribution is 0.589. The third-order valence-corrected chi connectivity index (χ3v) is 15.3. The summed E-state index contributed by atoms with van der Waals surface area (Å²) >= 11 is 2.19. The van der Waals surface area contributed by atoms with Crippen LogP contribution in [0.25, 0.3) is 22.3 Å². The van der Waals surface area contributed by atoms with Crippen molar-refractivity contribution in [2.45, 2.75) is 164 Å². The largest absolute Gasteiger partial charge is 0.310 e. The molecule has 0 saturated carbocycles. The van der Waals surface area contributed by atoms with Crippen LogP contribution in [0, 0.1) is 6.85 Å². The van der Waals surface area contributed by atoms with E-state index in [2.05, 4.69) is 0 Å². The van der Waals surface area contributed by atoms with E-state index in [4.69, 9.17) is 0 Å². The molecule has 2 aliphatic rings. The highest BCUT2D eigenvalue weighted by atomic mass is 32.1. The second kappa shape index (κ2) is 16.1. The summed E-state index contributed by atoms with van der Waals surface area (Å²) < 4.78 is 209. The summed E-state index contributed by atoms with van der Waals surface area (Å²) in [5, 5.41) is 0.0854. The molecular weight excluding hydrogens is 860 g/mol. The minimum absolute atomic E-state index is 0.0166. The fourth-order valence-electron chi connectivity index (χ4n) is 8.18. The van der Waals surface area contributed by atoms with Gasteiger partial charge in [-0.1, -0.05) is 191 Å². The van der Waals surface area contributed by atoms with E-state index in [-0.39, 0.29) is 72.0 Å². The first kappa shape index (κ1) is 28.7. The molecule has 0 N–H and O–H groups in total. The summed E-state index contributed by atoms with van der Waals surface area (Å²) in [5.74, 6) is 0. The monoisotopic (exact) mass is 956 g/mol. The van der Waals surface area contributed by atoms with E-state index in [1.807, 2.05) is 41.5 Å². The lowest BCUT2D eigenvalue weighted by atomic mass is 9.36. The standard InChI is InChI=1S/C63H75BN2S2/c1-38-32-50-55-51(33-38)66(49-31-29-44(61(11,12)13)35-46(49)40-22-26-42(27-23-40)59(5,6)7)57-47(36-53(68-57)62(14,15)16)64(55)56-52(37-54(67-56)63(17,18)19)65(50)48-30-28-43(60(8,9)10)34-45(48)39-20-24-41(25-21-39)58(2,3)4/h20-37H,1-19H3/i1D3,20D,21D,22D,23D,24D,25D,26D,27D,28D,29D,30D,31D,32D,33D,34D,35D,36D,37D. The summed E-state index contributed by atoms with van der Waals surface area (Å²) in [4.78, 5) is 3.38. The number of fused-ring (bicyclic) bond motifs is 4. The summed E-state index contributed by atoms with van der Waals surface area (Å²) in [6.07, 6.45) is 0. The Morgan fingerprint density at radius 1 is 0.412 bits per heavy atom. The molecule has 0 spiro atoms. The quantitative estimate of drug-likeness (QED) is 0.162. The third-order valence-electron chi connectivity index (χ3n) is 12.2. The van der Waals surface area contributed by atoms with Gasteiger partial charge >= 0.3 is 0 Å². The van der Waals surface area contributed by atoms with Crippen LogP contribution in [0.4, 0.5) is 33.4 Å². The number of rotatable bonds is 4. The van der Waals surface area contributed by atoms with Crippen molar-refractivity contribution in [3.05, 3.63) is 146 Å². The van der Waals surface area contributed by atoms with Crippen molar-refractivity contribution in [3.8, 4) is 22.3 Å². The van der Waals surface area contributed by atoms with Gasteiger partial charge in [-0.25, -0.2) is 0 Å². The van der Waals surface area contributed by atoms with Crippen LogP contribution in [0.2, 0.25) is 0 Å². The van der Waals surface area contributed by atoms with E-state index in [1.165, 1.54) is 9.80 Å². The van der Waals surface area contributed by atoms with Gasteiger partial charge in [0.25, 0.3) is 6.71 Å². The maximum Gasteiger partial charge on any atom is 0.265 e. The summed E-state index contributed by atoms with van der Waals surface area (Å²) in [7, 11) is 0. The normalized spacial score (nSPS) is 18.9. The molecule has 0 saturated heterocycles. The van der Waals surface area contributed by atoms with Crippen LogP contribution in [0.1, 0.15) is 191 Å². The Hall–Kier alpha value is -4.84. The molecule has 4 heterocycles. The van der Waals surface area contributed by atoms with Crippen LogP contribution in [0.5, 0.6) is 0 Å². The molecule has 2 aliphatic heterocycles. The zero-order valence-electron chi connectivity index (χ0n) is 63.8. The van der Waals surface area contributed by atoms with Gasteiger partial charge in [-0.05, 0) is 132 Å². The zero-order valence-corrected chi connectivity index (χ0v) is 44.4. The molecule has 0 bridgehead atoms. The Bertz CT molecular complexity index is 4190. The summed E-state index contributed by atoms with van der Waals surface area (Å²) in [6.45, 7) is 27.1. The van der Waals surface area contributed by atoms with E-state index in [1.54, 1.807) is 83.1 Å². The second-order valence-corrected chi connectivity index (χ2v) is 26.4. The maximum absolute atomic E-state index is 10.5. The van der Waals surface area contributed by atoms with Gasteiger partial charge < -0.3 is 9.80 Å². The van der Waals surface area contributed by atoms with Gasteiger partial charge in [0.2, 0.25) is 0 Å². The average Bonchev–Trinajstić information content (AvgIpc) is 1.65. The van der Waals surface area contributed by atoms with Crippen LogP contribution in [0.15, 0.2) is 109 Å². The molecule has 2 nitrogen and oxygen atoms in total. The zero-order chi connectivity index (χ0) is 67.6. The average molecular weight is 956 g/mol. The molecule has 7 aromatic rings. The van der Waals surface area contributed by atoms with Gasteiger partial charge in [-0.3, -0.25) is 0 Å². The van der Waals surface area contributed by atoms with Crippen molar-refractivity contribution < 1.29 is 28.8 Å². The number of hydrogen-bond acceptors (Lipinski definition) is 4. The molecule has 0 unspecified atom stereocenters. The second-order valence-electron chi connectivity index (χ2n) is 24.3. The molecule has 0 amide bonds. The Balaban J connectivity index is 1.66. The Morgan fingerprint density at radius 2 is 0.824 bits per heavy atom. The summed E-state index contributed by atoms with van der Waals surface area (Å²) in [5.41, 5.74) is -10.2. The maximum atomic E-state index is 10.5. The number of hydrogen-bond donors (Lipinski definition) is 0. The van der Waals surface area contributed by atoms with Crippen LogP contribution >= 0.6 is 22.7 Å². The lowest BCUT2D eigenvalue weighted by Crippen LogP contribution is -2.60. The highest BCUT2D eigenvalue weighted by Gasteiger charge is 2.47. The molecule has 0 atom stereocenters. The molecule has 5 aromatic carbocycles. The molecule has 68 heavy (non-hydrogen) atoms. The first-order chi connectivity index (χ1) is 40.2. The van der Waals surface area contributed by atoms with E-state index < -0.39 is 182 Å². The number of benzene rings is 5. The van der Waals surface area contributed by atoms with Gasteiger partial charge in [0.15, 0.2) is 0 Å². The molecule has 9 rings (SSSR count). The van der Waals surface area contributed by atoms with Gasteiger partial charge in [-0.15, -0.1) is 11.3 Å². The highest BCUT2D eigenvalue weighted by molar-refractivity contribution is 7.30. The van der Waals surface area contributed by atoms with Gasteiger partial charge in [0.05, 0.1) is 46.7 Å². The lowest BCUT2D eigenvalue weighted by Gasteiger charge is -2.43. The Labute approximate surface area is 448 Å². The van der Waals surface area contributed by atoms with Crippen molar-refractivity contribution in [2.75, 3.05) is 9.80 Å². The smallest absolute Gasteiger partial charge is 0.265 e. The fourth-order valence-corrected chi connectivity index (χ4v) is 10.7. The third kappa shape index (κ3) is 8.52. The topological polar surface area (TPSA) is 6.48 Å². The molecule has 0 fully saturated rings. The number of anilines is 6. The molecule has 5 heteroatoms. The molecule has 352 valence electrons. The first-order valence-electron chi connectivity index (χ1n) is 33.8. The predicted molar refractivity (Wildman–Crippen MR) is 304 cm³/mol. The van der Waals surface area contributed by atoms with E-state index in [0.29, 0.717) is 9.75 Å². The molecule has 0 radical (unpaired) electrons.